The number of rotatable bonds is 4. The molecule has 1 aromatic carbocycles. The summed E-state index contributed by atoms with van der Waals surface area (Å²) in [6.45, 7) is 6.13. The number of ether oxygens (including phenoxy) is 1. The molecule has 0 saturated carbocycles. The smallest absolute Gasteiger partial charge is 0.254 e. The molecule has 0 spiro atoms. The van der Waals surface area contributed by atoms with Gasteiger partial charge in [0.1, 0.15) is 0 Å². The summed E-state index contributed by atoms with van der Waals surface area (Å²) in [7, 11) is 0. The molecule has 0 bridgehead atoms. The largest absolute Gasteiger partial charge is 0.377 e. The first-order valence-electron chi connectivity index (χ1n) is 7.16. The molecule has 1 heterocycles. The lowest BCUT2D eigenvalue weighted by Gasteiger charge is -2.32. The number of carbonyl (C=O) groups excluding carboxylic acids is 1. The number of hydrogen-bond donors (Lipinski definition) is 0. The minimum absolute atomic E-state index is 0.141. The molecule has 0 atom stereocenters. The van der Waals surface area contributed by atoms with Crippen molar-refractivity contribution in [2.24, 2.45) is 0 Å². The Kier molecular flexibility index (Phi) is 5.44. The molecule has 1 aliphatic rings. The predicted octanol–water partition coefficient (Wildman–Crippen LogP) is 3.16. The van der Waals surface area contributed by atoms with Crippen molar-refractivity contribution in [3.05, 3.63) is 34.9 Å². The molecule has 0 aromatic heterocycles. The highest BCUT2D eigenvalue weighted by Gasteiger charge is 2.24. The Hall–Kier alpha value is -1.06. The topological polar surface area (TPSA) is 29.5 Å². The number of benzene rings is 1. The van der Waals surface area contributed by atoms with E-state index in [-0.39, 0.29) is 12.0 Å². The van der Waals surface area contributed by atoms with E-state index in [4.69, 9.17) is 16.3 Å². The second kappa shape index (κ2) is 7.09. The minimum Gasteiger partial charge on any atom is -0.377 e. The van der Waals surface area contributed by atoms with E-state index in [1.807, 2.05) is 36.9 Å². The highest BCUT2D eigenvalue weighted by molar-refractivity contribution is 6.17. The van der Waals surface area contributed by atoms with Crippen LogP contribution in [-0.2, 0) is 4.74 Å². The average molecular weight is 296 g/mol. The molecule has 1 fully saturated rings. The van der Waals surface area contributed by atoms with Gasteiger partial charge in [-0.05, 0) is 38.3 Å². The zero-order chi connectivity index (χ0) is 14.5. The zero-order valence-corrected chi connectivity index (χ0v) is 12.9. The first-order valence-corrected chi connectivity index (χ1v) is 7.69. The van der Waals surface area contributed by atoms with Crippen LogP contribution < -0.4 is 0 Å². The molecular weight excluding hydrogens is 274 g/mol. The molecule has 0 radical (unpaired) electrons. The van der Waals surface area contributed by atoms with Crippen molar-refractivity contribution in [2.45, 2.75) is 32.8 Å². The van der Waals surface area contributed by atoms with Crippen LogP contribution in [0.4, 0.5) is 0 Å². The van der Waals surface area contributed by atoms with Gasteiger partial charge in [0, 0.05) is 24.5 Å². The SMILES string of the molecule is Cc1ccc(C)c(C(=O)N2CCC(OCCCl)CC2)c1. The Morgan fingerprint density at radius 2 is 2.05 bits per heavy atom. The monoisotopic (exact) mass is 295 g/mol. The number of amides is 1. The highest BCUT2D eigenvalue weighted by Crippen LogP contribution is 2.19. The molecule has 1 aromatic rings. The molecule has 0 unspecified atom stereocenters. The van der Waals surface area contributed by atoms with Crippen LogP contribution in [0.3, 0.4) is 0 Å². The molecule has 0 aliphatic carbocycles. The number of likely N-dealkylation sites (tertiary alicyclic amines) is 1. The van der Waals surface area contributed by atoms with Crippen molar-refractivity contribution in [3.63, 3.8) is 0 Å². The van der Waals surface area contributed by atoms with Crippen LogP contribution in [-0.4, -0.2) is 42.5 Å². The Morgan fingerprint density at radius 3 is 2.70 bits per heavy atom. The molecule has 2 rings (SSSR count). The number of hydrogen-bond acceptors (Lipinski definition) is 2. The predicted molar refractivity (Wildman–Crippen MR) is 81.5 cm³/mol. The number of halogens is 1. The Bertz CT molecular complexity index is 468. The van der Waals surface area contributed by atoms with Crippen LogP contribution in [0, 0.1) is 13.8 Å². The van der Waals surface area contributed by atoms with Gasteiger partial charge in [-0.1, -0.05) is 17.7 Å². The summed E-state index contributed by atoms with van der Waals surface area (Å²) in [4.78, 5) is 14.5. The molecule has 1 amide bonds. The fourth-order valence-corrected chi connectivity index (χ4v) is 2.66. The lowest BCUT2D eigenvalue weighted by Crippen LogP contribution is -2.41. The molecule has 20 heavy (non-hydrogen) atoms. The van der Waals surface area contributed by atoms with Crippen LogP contribution in [0.2, 0.25) is 0 Å². The second-order valence-electron chi connectivity index (χ2n) is 5.37. The van der Waals surface area contributed by atoms with Gasteiger partial charge >= 0.3 is 0 Å². The number of alkyl halides is 1. The van der Waals surface area contributed by atoms with Crippen molar-refractivity contribution in [1.29, 1.82) is 0 Å². The van der Waals surface area contributed by atoms with Crippen molar-refractivity contribution in [2.75, 3.05) is 25.6 Å². The lowest BCUT2D eigenvalue weighted by atomic mass is 10.0. The van der Waals surface area contributed by atoms with Crippen molar-refractivity contribution >= 4 is 17.5 Å². The van der Waals surface area contributed by atoms with Gasteiger partial charge in [-0.25, -0.2) is 0 Å². The summed E-state index contributed by atoms with van der Waals surface area (Å²) < 4.78 is 5.64. The van der Waals surface area contributed by atoms with E-state index >= 15 is 0 Å². The molecule has 4 heteroatoms. The fourth-order valence-electron chi connectivity index (χ4n) is 2.57. The van der Waals surface area contributed by atoms with E-state index in [0.29, 0.717) is 12.5 Å². The van der Waals surface area contributed by atoms with Gasteiger partial charge in [0.05, 0.1) is 12.7 Å². The molecule has 0 N–H and O–H groups in total. The van der Waals surface area contributed by atoms with Crippen LogP contribution in [0.25, 0.3) is 0 Å². The summed E-state index contributed by atoms with van der Waals surface area (Å²) in [5.41, 5.74) is 2.99. The third kappa shape index (κ3) is 3.74. The van der Waals surface area contributed by atoms with E-state index in [1.165, 1.54) is 0 Å². The maximum absolute atomic E-state index is 12.6. The molecule has 1 aliphatic heterocycles. The average Bonchev–Trinajstić information content (AvgIpc) is 2.47. The summed E-state index contributed by atoms with van der Waals surface area (Å²) in [6.07, 6.45) is 2.04. The van der Waals surface area contributed by atoms with Gasteiger partial charge in [0.15, 0.2) is 0 Å². The van der Waals surface area contributed by atoms with Crippen molar-refractivity contribution < 1.29 is 9.53 Å². The van der Waals surface area contributed by atoms with Crippen molar-refractivity contribution in [1.82, 2.24) is 4.90 Å². The Morgan fingerprint density at radius 1 is 1.35 bits per heavy atom. The molecule has 110 valence electrons. The maximum Gasteiger partial charge on any atom is 0.254 e. The van der Waals surface area contributed by atoms with Crippen molar-refractivity contribution in [3.8, 4) is 0 Å². The van der Waals surface area contributed by atoms with Crippen LogP contribution in [0.5, 0.6) is 0 Å². The van der Waals surface area contributed by atoms with Crippen LogP contribution >= 0.6 is 11.6 Å². The zero-order valence-electron chi connectivity index (χ0n) is 12.2. The Balaban J connectivity index is 1.96. The van der Waals surface area contributed by atoms with Gasteiger partial charge in [0.2, 0.25) is 0 Å². The molecule has 1 saturated heterocycles. The number of piperidine rings is 1. The number of nitrogens with zero attached hydrogens (tertiary/aromatic N) is 1. The summed E-state index contributed by atoms with van der Waals surface area (Å²) >= 11 is 5.62. The van der Waals surface area contributed by atoms with E-state index in [9.17, 15) is 4.79 Å². The fraction of sp³-hybridized carbons (Fsp3) is 0.562. The van der Waals surface area contributed by atoms with E-state index in [0.717, 1.165) is 42.6 Å². The second-order valence-corrected chi connectivity index (χ2v) is 5.75. The quantitative estimate of drug-likeness (QED) is 0.799. The summed E-state index contributed by atoms with van der Waals surface area (Å²) in [6, 6.07) is 6.03. The van der Waals surface area contributed by atoms with E-state index in [1.54, 1.807) is 0 Å². The van der Waals surface area contributed by atoms with Gasteiger partial charge in [-0.15, -0.1) is 11.6 Å². The number of carbonyl (C=O) groups is 1. The molecule has 3 nitrogen and oxygen atoms in total. The van der Waals surface area contributed by atoms with Crippen LogP contribution in [0.15, 0.2) is 18.2 Å². The highest BCUT2D eigenvalue weighted by atomic mass is 35.5. The Labute approximate surface area is 125 Å². The standard InChI is InChI=1S/C16H22ClNO2/c1-12-3-4-13(2)15(11-12)16(19)18-8-5-14(6-9-18)20-10-7-17/h3-4,11,14H,5-10H2,1-2H3. The van der Waals surface area contributed by atoms with Gasteiger partial charge in [-0.3, -0.25) is 4.79 Å². The molecular formula is C16H22ClNO2. The number of aryl methyl sites for hydroxylation is 2. The lowest BCUT2D eigenvalue weighted by molar-refractivity contribution is 0.0154. The minimum atomic E-state index is 0.141. The third-order valence-corrected chi connectivity index (χ3v) is 3.94. The first kappa shape index (κ1) is 15.3. The van der Waals surface area contributed by atoms with Gasteiger partial charge in [0.25, 0.3) is 5.91 Å². The van der Waals surface area contributed by atoms with Gasteiger partial charge in [-0.2, -0.15) is 0 Å². The first-order chi connectivity index (χ1) is 9.61. The summed E-state index contributed by atoms with van der Waals surface area (Å²) in [5, 5.41) is 0. The van der Waals surface area contributed by atoms with Gasteiger partial charge < -0.3 is 9.64 Å². The van der Waals surface area contributed by atoms with E-state index in [2.05, 4.69) is 0 Å². The third-order valence-electron chi connectivity index (χ3n) is 3.78. The van der Waals surface area contributed by atoms with Crippen LogP contribution in [0.1, 0.15) is 34.3 Å². The van der Waals surface area contributed by atoms with E-state index < -0.39 is 0 Å². The summed E-state index contributed by atoms with van der Waals surface area (Å²) in [5.74, 6) is 0.670. The maximum atomic E-state index is 12.6. The normalized spacial score (nSPS) is 16.4.